The van der Waals surface area contributed by atoms with Crippen LogP contribution >= 0.6 is 11.3 Å². The molecule has 5 nitrogen and oxygen atoms in total. The molecule has 0 aliphatic heterocycles. The Balaban J connectivity index is 1.69. The second-order valence-electron chi connectivity index (χ2n) is 5.90. The molecular weight excluding hydrogens is 346 g/mol. The molecule has 0 spiro atoms. The van der Waals surface area contributed by atoms with E-state index in [1.54, 1.807) is 12.1 Å². The molecule has 1 unspecified atom stereocenters. The van der Waals surface area contributed by atoms with Gasteiger partial charge >= 0.3 is 0 Å². The van der Waals surface area contributed by atoms with Crippen molar-refractivity contribution in [2.75, 3.05) is 5.32 Å². The fraction of sp³-hybridized carbons (Fsp3) is 0.150. The lowest BCUT2D eigenvalue weighted by Crippen LogP contribution is -2.23. The number of aromatic nitrogens is 1. The number of thiazole rings is 1. The Labute approximate surface area is 156 Å². The fourth-order valence-electron chi connectivity index (χ4n) is 2.55. The summed E-state index contributed by atoms with van der Waals surface area (Å²) >= 11 is 1.39. The van der Waals surface area contributed by atoms with Crippen LogP contribution in [0.25, 0.3) is 11.3 Å². The molecule has 0 radical (unpaired) electrons. The smallest absolute Gasteiger partial charge is 0.257 e. The maximum atomic E-state index is 12.2. The van der Waals surface area contributed by atoms with Gasteiger partial charge in [-0.2, -0.15) is 0 Å². The average Bonchev–Trinajstić information content (AvgIpc) is 3.10. The van der Waals surface area contributed by atoms with E-state index in [0.717, 1.165) is 16.8 Å². The zero-order chi connectivity index (χ0) is 18.5. The molecule has 2 aromatic carbocycles. The van der Waals surface area contributed by atoms with Gasteiger partial charge in [0, 0.05) is 23.4 Å². The van der Waals surface area contributed by atoms with Gasteiger partial charge < -0.3 is 5.32 Å². The summed E-state index contributed by atoms with van der Waals surface area (Å²) in [5, 5.41) is 8.15. The Kier molecular flexibility index (Phi) is 5.43. The van der Waals surface area contributed by atoms with Crippen LogP contribution in [-0.4, -0.2) is 16.8 Å². The molecule has 1 atom stereocenters. The van der Waals surface area contributed by atoms with E-state index in [9.17, 15) is 9.59 Å². The van der Waals surface area contributed by atoms with Gasteiger partial charge in [0.25, 0.3) is 5.91 Å². The zero-order valence-electron chi connectivity index (χ0n) is 14.5. The van der Waals surface area contributed by atoms with E-state index in [0.29, 0.717) is 10.7 Å². The molecule has 6 heteroatoms. The molecule has 2 amide bonds. The third kappa shape index (κ3) is 4.34. The standard InChI is InChI=1S/C20H19N3O2S/c1-13(21-14(2)24)15-8-10-16(11-9-15)18-12-26-20(22-18)23-19(25)17-6-4-3-5-7-17/h3-13H,1-2H3,(H,21,24)(H,22,23,25). The molecule has 26 heavy (non-hydrogen) atoms. The normalized spacial score (nSPS) is 11.6. The quantitative estimate of drug-likeness (QED) is 0.710. The van der Waals surface area contributed by atoms with E-state index >= 15 is 0 Å². The van der Waals surface area contributed by atoms with Gasteiger partial charge in [-0.15, -0.1) is 11.3 Å². The van der Waals surface area contributed by atoms with Gasteiger partial charge in [-0.25, -0.2) is 4.98 Å². The lowest BCUT2D eigenvalue weighted by molar-refractivity contribution is -0.119. The van der Waals surface area contributed by atoms with Gasteiger partial charge in [-0.1, -0.05) is 42.5 Å². The van der Waals surface area contributed by atoms with E-state index in [1.807, 2.05) is 54.8 Å². The minimum Gasteiger partial charge on any atom is -0.350 e. The van der Waals surface area contributed by atoms with Crippen LogP contribution in [0.2, 0.25) is 0 Å². The molecule has 0 fully saturated rings. The Morgan fingerprint density at radius 1 is 1.04 bits per heavy atom. The number of carbonyl (C=O) groups is 2. The summed E-state index contributed by atoms with van der Waals surface area (Å²) in [6, 6.07) is 16.9. The van der Waals surface area contributed by atoms with Crippen LogP contribution in [0.15, 0.2) is 60.0 Å². The van der Waals surface area contributed by atoms with Crippen molar-refractivity contribution in [1.82, 2.24) is 10.3 Å². The van der Waals surface area contributed by atoms with Gasteiger partial charge in [-0.05, 0) is 24.6 Å². The summed E-state index contributed by atoms with van der Waals surface area (Å²) in [5.74, 6) is -0.231. The second-order valence-corrected chi connectivity index (χ2v) is 6.76. The molecule has 2 N–H and O–H groups in total. The highest BCUT2D eigenvalue weighted by molar-refractivity contribution is 7.14. The van der Waals surface area contributed by atoms with Crippen LogP contribution in [0.1, 0.15) is 35.8 Å². The maximum Gasteiger partial charge on any atom is 0.257 e. The van der Waals surface area contributed by atoms with Crippen LogP contribution in [0.5, 0.6) is 0 Å². The van der Waals surface area contributed by atoms with Crippen molar-refractivity contribution in [3.63, 3.8) is 0 Å². The molecule has 0 saturated carbocycles. The first-order valence-corrected chi connectivity index (χ1v) is 9.10. The van der Waals surface area contributed by atoms with Crippen LogP contribution in [-0.2, 0) is 4.79 Å². The summed E-state index contributed by atoms with van der Waals surface area (Å²) in [5.41, 5.74) is 3.38. The first kappa shape index (κ1) is 17.8. The molecule has 0 aliphatic carbocycles. The minimum absolute atomic E-state index is 0.0438. The number of amides is 2. The number of hydrogen-bond donors (Lipinski definition) is 2. The van der Waals surface area contributed by atoms with Crippen molar-refractivity contribution in [2.24, 2.45) is 0 Å². The Morgan fingerprint density at radius 2 is 1.73 bits per heavy atom. The predicted molar refractivity (Wildman–Crippen MR) is 104 cm³/mol. The lowest BCUT2D eigenvalue weighted by Gasteiger charge is -2.13. The average molecular weight is 365 g/mol. The number of anilines is 1. The lowest BCUT2D eigenvalue weighted by atomic mass is 10.1. The number of nitrogens with zero attached hydrogens (tertiary/aromatic N) is 1. The minimum atomic E-state index is -0.175. The van der Waals surface area contributed by atoms with Crippen molar-refractivity contribution in [3.05, 3.63) is 71.1 Å². The molecule has 0 aliphatic rings. The van der Waals surface area contributed by atoms with Gasteiger partial charge in [0.1, 0.15) is 0 Å². The van der Waals surface area contributed by atoms with Crippen molar-refractivity contribution in [2.45, 2.75) is 19.9 Å². The first-order valence-electron chi connectivity index (χ1n) is 8.22. The zero-order valence-corrected chi connectivity index (χ0v) is 15.3. The fourth-order valence-corrected chi connectivity index (χ4v) is 3.27. The number of benzene rings is 2. The van der Waals surface area contributed by atoms with Crippen LogP contribution in [0.3, 0.4) is 0 Å². The molecule has 0 saturated heterocycles. The third-order valence-corrected chi connectivity index (χ3v) is 4.64. The second kappa shape index (κ2) is 7.93. The Hall–Kier alpha value is -2.99. The highest BCUT2D eigenvalue weighted by Gasteiger charge is 2.11. The van der Waals surface area contributed by atoms with Gasteiger partial charge in [0.2, 0.25) is 5.91 Å². The molecule has 1 aromatic heterocycles. The van der Waals surface area contributed by atoms with Gasteiger partial charge in [0.15, 0.2) is 5.13 Å². The van der Waals surface area contributed by atoms with Gasteiger partial charge in [-0.3, -0.25) is 14.9 Å². The first-order chi connectivity index (χ1) is 12.5. The topological polar surface area (TPSA) is 71.1 Å². The largest absolute Gasteiger partial charge is 0.350 e. The highest BCUT2D eigenvalue weighted by atomic mass is 32.1. The van der Waals surface area contributed by atoms with Crippen molar-refractivity contribution < 1.29 is 9.59 Å². The molecule has 0 bridgehead atoms. The number of hydrogen-bond acceptors (Lipinski definition) is 4. The summed E-state index contributed by atoms with van der Waals surface area (Å²) < 4.78 is 0. The highest BCUT2D eigenvalue weighted by Crippen LogP contribution is 2.26. The van der Waals surface area contributed by atoms with Crippen molar-refractivity contribution >= 4 is 28.3 Å². The molecule has 3 rings (SSSR count). The summed E-state index contributed by atoms with van der Waals surface area (Å²) in [6.07, 6.45) is 0. The van der Waals surface area contributed by atoms with E-state index in [-0.39, 0.29) is 17.9 Å². The van der Waals surface area contributed by atoms with E-state index in [1.165, 1.54) is 18.3 Å². The summed E-state index contributed by atoms with van der Waals surface area (Å²) in [7, 11) is 0. The number of carbonyl (C=O) groups excluding carboxylic acids is 2. The van der Waals surface area contributed by atoms with E-state index in [2.05, 4.69) is 15.6 Å². The SMILES string of the molecule is CC(=O)NC(C)c1ccc(-c2csc(NC(=O)c3ccccc3)n2)cc1. The van der Waals surface area contributed by atoms with Crippen LogP contribution in [0, 0.1) is 0 Å². The van der Waals surface area contributed by atoms with Crippen molar-refractivity contribution in [3.8, 4) is 11.3 Å². The van der Waals surface area contributed by atoms with E-state index in [4.69, 9.17) is 0 Å². The molecule has 1 heterocycles. The molecule has 132 valence electrons. The summed E-state index contributed by atoms with van der Waals surface area (Å²) in [4.78, 5) is 27.8. The Bertz CT molecular complexity index is 904. The molecular formula is C20H19N3O2S. The number of nitrogens with one attached hydrogen (secondary N) is 2. The maximum absolute atomic E-state index is 12.2. The monoisotopic (exact) mass is 365 g/mol. The predicted octanol–water partition coefficient (Wildman–Crippen LogP) is 4.26. The Morgan fingerprint density at radius 3 is 2.38 bits per heavy atom. The summed E-state index contributed by atoms with van der Waals surface area (Å²) in [6.45, 7) is 3.45. The van der Waals surface area contributed by atoms with Crippen LogP contribution < -0.4 is 10.6 Å². The van der Waals surface area contributed by atoms with Gasteiger partial charge in [0.05, 0.1) is 11.7 Å². The molecule has 3 aromatic rings. The van der Waals surface area contributed by atoms with Crippen molar-refractivity contribution in [1.29, 1.82) is 0 Å². The van der Waals surface area contributed by atoms with E-state index < -0.39 is 0 Å². The number of rotatable bonds is 5. The third-order valence-electron chi connectivity index (χ3n) is 3.89. The van der Waals surface area contributed by atoms with Crippen LogP contribution in [0.4, 0.5) is 5.13 Å².